The van der Waals surface area contributed by atoms with E-state index < -0.39 is 0 Å². The Bertz CT molecular complexity index is 686. The van der Waals surface area contributed by atoms with Crippen molar-refractivity contribution < 1.29 is 25.8 Å². The van der Waals surface area contributed by atoms with E-state index in [0.717, 1.165) is 0 Å². The minimum atomic E-state index is 0. The van der Waals surface area contributed by atoms with Crippen LogP contribution in [0.2, 0.25) is 0 Å². The number of aryl methyl sites for hydroxylation is 3. The molecule has 1 aliphatic carbocycles. The molecular weight excluding hydrogens is 539 g/mol. The van der Waals surface area contributed by atoms with Gasteiger partial charge in [0.05, 0.1) is 0 Å². The van der Waals surface area contributed by atoms with Crippen LogP contribution < -0.4 is 0 Å². The Morgan fingerprint density at radius 1 is 0.806 bits per heavy atom. The Kier molecular flexibility index (Phi) is 33.5. The van der Waals surface area contributed by atoms with Crippen molar-refractivity contribution >= 4 is 10.8 Å². The summed E-state index contributed by atoms with van der Waals surface area (Å²) in [6.07, 6.45) is 10.7. The zero-order chi connectivity index (χ0) is 15.9. The first kappa shape index (κ1) is 43.8. The van der Waals surface area contributed by atoms with Gasteiger partial charge in [-0.2, -0.15) is 24.3 Å². The maximum atomic E-state index is 2.48. The van der Waals surface area contributed by atoms with Crippen LogP contribution in [0.1, 0.15) is 55.7 Å². The van der Waals surface area contributed by atoms with E-state index in [0.29, 0.717) is 0 Å². The van der Waals surface area contributed by atoms with Gasteiger partial charge in [0.15, 0.2) is 0 Å². The number of unbranched alkanes of at least 4 members (excludes halogenated alkanes) is 3. The molecular formula is C30H49Hf-9. The van der Waals surface area contributed by atoms with Gasteiger partial charge in [-0.3, -0.25) is 0 Å². The smallest absolute Gasteiger partial charge is 0 e. The maximum absolute atomic E-state index is 2.48. The van der Waals surface area contributed by atoms with Gasteiger partial charge in [0.2, 0.25) is 0 Å². The number of hydrogen-bond acceptors (Lipinski definition) is 0. The molecule has 0 unspecified atom stereocenters. The van der Waals surface area contributed by atoms with Crippen molar-refractivity contribution in [1.82, 2.24) is 0 Å². The van der Waals surface area contributed by atoms with E-state index >= 15 is 0 Å². The van der Waals surface area contributed by atoms with Crippen LogP contribution in [0.25, 0.3) is 10.8 Å². The summed E-state index contributed by atoms with van der Waals surface area (Å²) < 4.78 is 0. The van der Waals surface area contributed by atoms with E-state index in [1.165, 1.54) is 62.1 Å². The van der Waals surface area contributed by atoms with Crippen molar-refractivity contribution in [1.29, 1.82) is 0 Å². The Morgan fingerprint density at radius 2 is 1.39 bits per heavy atom. The second-order valence-corrected chi connectivity index (χ2v) is 6.69. The average Bonchev–Trinajstić information content (AvgIpc) is 3.31. The standard InChI is InChI=1S/C18H23.C5H5.7CH3.Hf/c1-2-3-4-5-7-14-10-11-17-12-15-8-6-9-16(15)13-18(14)17;1-2-4-5-3-1;;;;;;;;/h10-13H,2-9H2,1H3;1-5H;7*1H3;/q9*-1;. The third-order valence-electron chi connectivity index (χ3n) is 4.93. The van der Waals surface area contributed by atoms with Crippen molar-refractivity contribution in [2.24, 2.45) is 0 Å². The van der Waals surface area contributed by atoms with Crippen LogP contribution in [-0.2, 0) is 45.1 Å². The summed E-state index contributed by atoms with van der Waals surface area (Å²) in [6.45, 7) is 2.28. The average molecular weight is 588 g/mol. The molecule has 0 nitrogen and oxygen atoms in total. The molecule has 0 amide bonds. The minimum absolute atomic E-state index is 0. The first-order valence-corrected chi connectivity index (χ1v) is 9.25. The zero-order valence-corrected chi connectivity index (χ0v) is 25.4. The van der Waals surface area contributed by atoms with Crippen LogP contribution in [0.15, 0.2) is 54.6 Å². The van der Waals surface area contributed by atoms with E-state index in [-0.39, 0.29) is 77.8 Å². The molecule has 1 heteroatoms. The zero-order valence-electron chi connectivity index (χ0n) is 21.9. The van der Waals surface area contributed by atoms with Gasteiger partial charge in [0.25, 0.3) is 0 Å². The molecule has 0 aliphatic heterocycles. The van der Waals surface area contributed by atoms with Crippen LogP contribution in [0.5, 0.6) is 0 Å². The molecule has 182 valence electrons. The topological polar surface area (TPSA) is 0 Å². The van der Waals surface area contributed by atoms with Crippen LogP contribution >= 0.6 is 0 Å². The largest absolute Gasteiger partial charge is 0.358 e. The molecule has 0 saturated carbocycles. The van der Waals surface area contributed by atoms with E-state index in [9.17, 15) is 0 Å². The van der Waals surface area contributed by atoms with Gasteiger partial charge in [0, 0.05) is 25.8 Å². The van der Waals surface area contributed by atoms with E-state index in [2.05, 4.69) is 31.2 Å². The van der Waals surface area contributed by atoms with Gasteiger partial charge in [-0.25, -0.2) is 12.1 Å². The minimum Gasteiger partial charge on any atom is -0.358 e. The summed E-state index contributed by atoms with van der Waals surface area (Å²) >= 11 is 0. The van der Waals surface area contributed by atoms with Gasteiger partial charge in [-0.05, 0) is 19.3 Å². The molecule has 31 heavy (non-hydrogen) atoms. The summed E-state index contributed by atoms with van der Waals surface area (Å²) in [7, 11) is 0. The third-order valence-corrected chi connectivity index (χ3v) is 4.93. The normalized spacial score (nSPS) is 9.58. The number of fused-ring (bicyclic) bond motifs is 2. The second-order valence-electron chi connectivity index (χ2n) is 6.69. The molecule has 1 aliphatic rings. The summed E-state index contributed by atoms with van der Waals surface area (Å²) in [5.74, 6) is 0. The van der Waals surface area contributed by atoms with Crippen molar-refractivity contribution in [3.05, 3.63) is 123 Å². The Labute approximate surface area is 217 Å². The SMILES string of the molecule is CCCCCC[c-]1ccc2cc3c(cc21)CCC3.[CH3-].[CH3-].[CH3-].[CH3-].[CH3-].[CH3-].[CH3-].[Hf].c1cc[cH-]c1. The first-order valence-electron chi connectivity index (χ1n) is 9.25. The van der Waals surface area contributed by atoms with Gasteiger partial charge >= 0.3 is 0 Å². The molecule has 0 aromatic heterocycles. The van der Waals surface area contributed by atoms with Crippen LogP contribution in [0.3, 0.4) is 0 Å². The predicted octanol–water partition coefficient (Wildman–Crippen LogP) is 9.73. The summed E-state index contributed by atoms with van der Waals surface area (Å²) in [5, 5.41) is 3.01. The fraction of sp³-hybridized carbons (Fsp3) is 0.300. The molecule has 0 fully saturated rings. The molecule has 3 aromatic carbocycles. The van der Waals surface area contributed by atoms with Gasteiger partial charge < -0.3 is 52.0 Å². The van der Waals surface area contributed by atoms with Crippen molar-refractivity contribution in [3.8, 4) is 0 Å². The summed E-state index contributed by atoms with van der Waals surface area (Å²) in [6, 6.07) is 19.6. The molecule has 0 bridgehead atoms. The molecule has 0 N–H and O–H groups in total. The van der Waals surface area contributed by atoms with Crippen molar-refractivity contribution in [2.75, 3.05) is 0 Å². The van der Waals surface area contributed by atoms with Crippen molar-refractivity contribution in [2.45, 2.75) is 58.3 Å². The summed E-state index contributed by atoms with van der Waals surface area (Å²) in [4.78, 5) is 0. The van der Waals surface area contributed by atoms with Gasteiger partial charge in [0.1, 0.15) is 0 Å². The molecule has 4 rings (SSSR count). The van der Waals surface area contributed by atoms with Crippen LogP contribution in [0, 0.1) is 52.0 Å². The first-order chi connectivity index (χ1) is 11.4. The second kappa shape index (κ2) is 23.7. The molecule has 3 aromatic rings. The molecule has 0 saturated heterocycles. The molecule has 0 spiro atoms. The Balaban J connectivity index is -0.000000108. The monoisotopic (exact) mass is 589 g/mol. The quantitative estimate of drug-likeness (QED) is 0.158. The van der Waals surface area contributed by atoms with E-state index in [4.69, 9.17) is 0 Å². The predicted molar refractivity (Wildman–Crippen MR) is 146 cm³/mol. The van der Waals surface area contributed by atoms with E-state index in [1.54, 1.807) is 16.7 Å². The maximum Gasteiger partial charge on any atom is 0 e. The number of benzene rings is 1. The Morgan fingerprint density at radius 3 is 1.90 bits per heavy atom. The fourth-order valence-corrected chi connectivity index (χ4v) is 3.62. The Hall–Kier alpha value is -0.950. The van der Waals surface area contributed by atoms with Crippen molar-refractivity contribution in [3.63, 3.8) is 0 Å². The van der Waals surface area contributed by atoms with Crippen LogP contribution in [0.4, 0.5) is 0 Å². The molecule has 0 radical (unpaired) electrons. The van der Waals surface area contributed by atoms with Crippen LogP contribution in [-0.4, -0.2) is 0 Å². The van der Waals surface area contributed by atoms with E-state index in [1.807, 2.05) is 30.3 Å². The fourth-order valence-electron chi connectivity index (χ4n) is 3.62. The summed E-state index contributed by atoms with van der Waals surface area (Å²) in [5.41, 5.74) is 4.80. The molecule has 0 heterocycles. The number of rotatable bonds is 5. The number of hydrogen-bond donors (Lipinski definition) is 0. The van der Waals surface area contributed by atoms with Gasteiger partial charge in [-0.15, -0.1) is 34.5 Å². The molecule has 0 atom stereocenters. The van der Waals surface area contributed by atoms with Gasteiger partial charge in [-0.1, -0.05) is 50.2 Å². The third kappa shape index (κ3) is 12.6.